The number of benzene rings is 1. The van der Waals surface area contributed by atoms with Gasteiger partial charge in [-0.3, -0.25) is 14.6 Å². The fourth-order valence-corrected chi connectivity index (χ4v) is 3.91. The Labute approximate surface area is 174 Å². The first-order valence-corrected chi connectivity index (χ1v) is 9.99. The Morgan fingerprint density at radius 1 is 1.03 bits per heavy atom. The average Bonchev–Trinajstić information content (AvgIpc) is 3.21. The minimum Gasteiger partial charge on any atom is -0.457 e. The normalized spacial score (nSPS) is 16.3. The van der Waals surface area contributed by atoms with Crippen molar-refractivity contribution in [3.8, 4) is 28.8 Å². The summed E-state index contributed by atoms with van der Waals surface area (Å²) < 4.78 is 7.88. The van der Waals surface area contributed by atoms with Crippen LogP contribution in [0, 0.1) is 11.3 Å². The third kappa shape index (κ3) is 3.38. The zero-order valence-corrected chi connectivity index (χ0v) is 16.3. The van der Waals surface area contributed by atoms with Crippen LogP contribution in [0.1, 0.15) is 24.4 Å². The number of hydrogen-bond donors (Lipinski definition) is 1. The maximum Gasteiger partial charge on any atom is 0.130 e. The highest BCUT2D eigenvalue weighted by Crippen LogP contribution is 2.33. The number of rotatable bonds is 4. The van der Waals surface area contributed by atoms with Crippen LogP contribution < -0.4 is 10.1 Å². The number of aromatic nitrogens is 4. The fraction of sp³-hybridized carbons (Fsp3) is 0.217. The lowest BCUT2D eigenvalue weighted by molar-refractivity contribution is 0.355. The lowest BCUT2D eigenvalue weighted by atomic mass is 10.1. The van der Waals surface area contributed by atoms with Gasteiger partial charge < -0.3 is 10.1 Å². The van der Waals surface area contributed by atoms with Crippen LogP contribution >= 0.6 is 0 Å². The Morgan fingerprint density at radius 2 is 1.83 bits per heavy atom. The highest BCUT2D eigenvalue weighted by Gasteiger charge is 2.23. The molecule has 30 heavy (non-hydrogen) atoms. The zero-order valence-electron chi connectivity index (χ0n) is 16.3. The molecule has 3 aromatic heterocycles. The van der Waals surface area contributed by atoms with E-state index < -0.39 is 0 Å². The topological polar surface area (TPSA) is 88.7 Å². The molecular weight excluding hydrogens is 376 g/mol. The van der Waals surface area contributed by atoms with Crippen molar-refractivity contribution >= 4 is 10.9 Å². The number of nitrogens with zero attached hydrogens (tertiary/aromatic N) is 5. The molecule has 0 bridgehead atoms. The van der Waals surface area contributed by atoms with Crippen LogP contribution in [0.5, 0.6) is 11.5 Å². The van der Waals surface area contributed by atoms with Crippen molar-refractivity contribution < 1.29 is 4.74 Å². The number of piperidine rings is 1. The predicted molar refractivity (Wildman–Crippen MR) is 113 cm³/mol. The summed E-state index contributed by atoms with van der Waals surface area (Å²) in [5, 5.41) is 18.9. The first kappa shape index (κ1) is 18.3. The average molecular weight is 396 g/mol. The Kier molecular flexibility index (Phi) is 4.83. The van der Waals surface area contributed by atoms with Gasteiger partial charge in [-0.1, -0.05) is 0 Å². The monoisotopic (exact) mass is 396 g/mol. The third-order valence-corrected chi connectivity index (χ3v) is 5.36. The summed E-state index contributed by atoms with van der Waals surface area (Å²) >= 11 is 0. The van der Waals surface area contributed by atoms with Gasteiger partial charge in [0.25, 0.3) is 0 Å². The van der Waals surface area contributed by atoms with Crippen LogP contribution in [0.25, 0.3) is 22.2 Å². The fourth-order valence-electron chi connectivity index (χ4n) is 3.91. The van der Waals surface area contributed by atoms with Gasteiger partial charge in [0.1, 0.15) is 23.3 Å². The molecule has 1 aromatic carbocycles. The molecule has 4 aromatic rings. The summed E-state index contributed by atoms with van der Waals surface area (Å²) in [5.41, 5.74) is 3.19. The molecule has 148 valence electrons. The third-order valence-electron chi connectivity index (χ3n) is 5.36. The number of nitriles is 1. The van der Waals surface area contributed by atoms with Crippen molar-refractivity contribution in [3.05, 3.63) is 66.7 Å². The van der Waals surface area contributed by atoms with Gasteiger partial charge in [0.15, 0.2) is 0 Å². The summed E-state index contributed by atoms with van der Waals surface area (Å²) in [5.74, 6) is 1.47. The van der Waals surface area contributed by atoms with E-state index in [1.807, 2.05) is 41.1 Å². The van der Waals surface area contributed by atoms with Gasteiger partial charge in [-0.05, 0) is 55.8 Å². The van der Waals surface area contributed by atoms with Gasteiger partial charge in [-0.15, -0.1) is 0 Å². The standard InChI is InChI=1S/C23H20N6O/c24-12-17-13-27-15-21-22(28-29(23(17)21)18-2-1-9-26-14-18)16-3-5-19(6-4-16)30-20-7-10-25-11-8-20/h3-8,10-11,13,15,18,26H,1-2,9,14H2/t18-/m1/s1. The number of ether oxygens (including phenoxy) is 1. The highest BCUT2D eigenvalue weighted by molar-refractivity contribution is 5.95. The van der Waals surface area contributed by atoms with Crippen LogP contribution in [-0.4, -0.2) is 32.8 Å². The molecule has 1 atom stereocenters. The molecule has 7 nitrogen and oxygen atoms in total. The van der Waals surface area contributed by atoms with Gasteiger partial charge in [0, 0.05) is 42.3 Å². The van der Waals surface area contributed by atoms with E-state index in [1.54, 1.807) is 24.8 Å². The Morgan fingerprint density at radius 3 is 2.57 bits per heavy atom. The number of hydrogen-bond acceptors (Lipinski definition) is 6. The Balaban J connectivity index is 1.55. The van der Waals surface area contributed by atoms with Crippen LogP contribution in [-0.2, 0) is 0 Å². The van der Waals surface area contributed by atoms with E-state index in [-0.39, 0.29) is 6.04 Å². The van der Waals surface area contributed by atoms with Gasteiger partial charge in [0.05, 0.1) is 17.1 Å². The summed E-state index contributed by atoms with van der Waals surface area (Å²) in [6.45, 7) is 1.87. The molecule has 0 unspecified atom stereocenters. The molecular formula is C23H20N6O. The van der Waals surface area contributed by atoms with Gasteiger partial charge in [0.2, 0.25) is 0 Å². The minimum absolute atomic E-state index is 0.221. The molecule has 0 aliphatic carbocycles. The predicted octanol–water partition coefficient (Wildman–Crippen LogP) is 4.08. The van der Waals surface area contributed by atoms with E-state index in [0.717, 1.165) is 59.6 Å². The summed E-state index contributed by atoms with van der Waals surface area (Å²) in [4.78, 5) is 8.28. The second kappa shape index (κ2) is 7.93. The Bertz CT molecular complexity index is 1200. The van der Waals surface area contributed by atoms with Gasteiger partial charge in [-0.25, -0.2) is 0 Å². The molecule has 0 saturated carbocycles. The van der Waals surface area contributed by atoms with E-state index >= 15 is 0 Å². The summed E-state index contributed by atoms with van der Waals surface area (Å²) in [6, 6.07) is 14.0. The van der Waals surface area contributed by atoms with Crippen molar-refractivity contribution in [1.82, 2.24) is 25.1 Å². The first-order valence-electron chi connectivity index (χ1n) is 9.99. The number of nitrogens with one attached hydrogen (secondary N) is 1. The van der Waals surface area contributed by atoms with Gasteiger partial charge >= 0.3 is 0 Å². The smallest absolute Gasteiger partial charge is 0.130 e. The molecule has 4 heterocycles. The largest absolute Gasteiger partial charge is 0.457 e. The molecule has 1 aliphatic heterocycles. The summed E-state index contributed by atoms with van der Waals surface area (Å²) in [6.07, 6.45) is 8.94. The number of fused-ring (bicyclic) bond motifs is 1. The van der Waals surface area contributed by atoms with Crippen molar-refractivity contribution in [2.75, 3.05) is 13.1 Å². The van der Waals surface area contributed by atoms with E-state index in [0.29, 0.717) is 5.56 Å². The molecule has 7 heteroatoms. The molecule has 0 spiro atoms. The second-order valence-electron chi connectivity index (χ2n) is 7.30. The molecule has 1 fully saturated rings. The molecule has 0 radical (unpaired) electrons. The maximum atomic E-state index is 9.65. The highest BCUT2D eigenvalue weighted by atomic mass is 16.5. The molecule has 1 aliphatic rings. The number of pyridine rings is 2. The van der Waals surface area contributed by atoms with Crippen molar-refractivity contribution in [2.45, 2.75) is 18.9 Å². The molecule has 0 amide bonds. The minimum atomic E-state index is 0.221. The van der Waals surface area contributed by atoms with Crippen LogP contribution in [0.3, 0.4) is 0 Å². The van der Waals surface area contributed by atoms with Crippen molar-refractivity contribution in [2.24, 2.45) is 0 Å². The van der Waals surface area contributed by atoms with E-state index in [2.05, 4.69) is 21.4 Å². The molecule has 1 N–H and O–H groups in total. The van der Waals surface area contributed by atoms with Crippen molar-refractivity contribution in [3.63, 3.8) is 0 Å². The van der Waals surface area contributed by atoms with Crippen molar-refractivity contribution in [1.29, 1.82) is 5.26 Å². The zero-order chi connectivity index (χ0) is 20.3. The van der Waals surface area contributed by atoms with Crippen LogP contribution in [0.15, 0.2) is 61.2 Å². The lowest BCUT2D eigenvalue weighted by Crippen LogP contribution is -2.32. The SMILES string of the molecule is N#Cc1cncc2c(-c3ccc(Oc4ccncc4)cc3)nn([C@@H]3CCCNC3)c12. The van der Waals surface area contributed by atoms with Gasteiger partial charge in [-0.2, -0.15) is 10.4 Å². The van der Waals surface area contributed by atoms with E-state index in [4.69, 9.17) is 9.84 Å². The first-order chi connectivity index (χ1) is 14.8. The Hall–Kier alpha value is -3.76. The van der Waals surface area contributed by atoms with E-state index in [1.165, 1.54) is 0 Å². The maximum absolute atomic E-state index is 9.65. The lowest BCUT2D eigenvalue weighted by Gasteiger charge is -2.24. The van der Waals surface area contributed by atoms with E-state index in [9.17, 15) is 5.26 Å². The second-order valence-corrected chi connectivity index (χ2v) is 7.30. The van der Waals surface area contributed by atoms with Crippen LogP contribution in [0.4, 0.5) is 0 Å². The summed E-state index contributed by atoms with van der Waals surface area (Å²) in [7, 11) is 0. The molecule has 5 rings (SSSR count). The quantitative estimate of drug-likeness (QED) is 0.559. The van der Waals surface area contributed by atoms with Crippen LogP contribution in [0.2, 0.25) is 0 Å². The molecule has 1 saturated heterocycles.